The van der Waals surface area contributed by atoms with Crippen molar-refractivity contribution in [3.63, 3.8) is 0 Å². The number of carbonyl (C=O) groups excluding carboxylic acids is 1. The Balaban J connectivity index is 1.83. The quantitative estimate of drug-likeness (QED) is 0.682. The molecule has 0 aliphatic heterocycles. The Labute approximate surface area is 168 Å². The molecular weight excluding hydrogens is 354 g/mol. The molecule has 0 fully saturated rings. The van der Waals surface area contributed by atoms with Crippen molar-refractivity contribution in [3.8, 4) is 11.5 Å². The van der Waals surface area contributed by atoms with Crippen LogP contribution in [0.5, 0.6) is 11.5 Å². The second kappa shape index (κ2) is 10.6. The van der Waals surface area contributed by atoms with Gasteiger partial charge < -0.3 is 19.7 Å². The maximum Gasteiger partial charge on any atom is 0.237 e. The van der Waals surface area contributed by atoms with E-state index in [0.717, 1.165) is 18.7 Å². The van der Waals surface area contributed by atoms with Crippen LogP contribution in [0.1, 0.15) is 12.5 Å². The molecule has 6 heteroatoms. The van der Waals surface area contributed by atoms with Gasteiger partial charge in [-0.05, 0) is 43.8 Å². The Morgan fingerprint density at radius 2 is 1.68 bits per heavy atom. The molecule has 2 rings (SSSR count). The standard InChI is InChI=1S/C22H31N3O3/c1-17(24(2)13-14-25(3)19-9-7-6-8-10-19)22(26)23-16-18-11-12-20(27-4)21(15-18)28-5/h6-12,15,17H,13-14,16H2,1-5H3,(H,23,26). The van der Waals surface area contributed by atoms with Gasteiger partial charge in [0.1, 0.15) is 0 Å². The van der Waals surface area contributed by atoms with Crippen LogP contribution in [-0.2, 0) is 11.3 Å². The van der Waals surface area contributed by atoms with Crippen LogP contribution in [0.4, 0.5) is 5.69 Å². The van der Waals surface area contributed by atoms with Crippen LogP contribution in [0, 0.1) is 0 Å². The lowest BCUT2D eigenvalue weighted by Crippen LogP contribution is -2.45. The zero-order valence-electron chi connectivity index (χ0n) is 17.4. The average molecular weight is 386 g/mol. The van der Waals surface area contributed by atoms with E-state index < -0.39 is 0 Å². The summed E-state index contributed by atoms with van der Waals surface area (Å²) in [6.07, 6.45) is 0. The zero-order chi connectivity index (χ0) is 20.5. The first-order valence-corrected chi connectivity index (χ1v) is 9.41. The largest absolute Gasteiger partial charge is 0.493 e. The van der Waals surface area contributed by atoms with Crippen molar-refractivity contribution in [2.45, 2.75) is 19.5 Å². The Bertz CT molecular complexity index is 752. The van der Waals surface area contributed by atoms with Gasteiger partial charge in [-0.15, -0.1) is 0 Å². The third kappa shape index (κ3) is 5.89. The van der Waals surface area contributed by atoms with E-state index in [1.807, 2.05) is 50.4 Å². The summed E-state index contributed by atoms with van der Waals surface area (Å²) in [6.45, 7) is 4.00. The highest BCUT2D eigenvalue weighted by Gasteiger charge is 2.18. The van der Waals surface area contributed by atoms with E-state index in [2.05, 4.69) is 34.3 Å². The van der Waals surface area contributed by atoms with E-state index in [1.54, 1.807) is 14.2 Å². The number of amides is 1. The fourth-order valence-corrected chi connectivity index (χ4v) is 2.84. The van der Waals surface area contributed by atoms with Gasteiger partial charge in [-0.3, -0.25) is 9.69 Å². The number of likely N-dealkylation sites (N-methyl/N-ethyl adjacent to an activating group) is 2. The third-order valence-corrected chi connectivity index (χ3v) is 4.94. The summed E-state index contributed by atoms with van der Waals surface area (Å²) >= 11 is 0. The molecule has 1 atom stereocenters. The summed E-state index contributed by atoms with van der Waals surface area (Å²) in [7, 11) is 7.24. The van der Waals surface area contributed by atoms with Gasteiger partial charge in [0, 0.05) is 32.4 Å². The summed E-state index contributed by atoms with van der Waals surface area (Å²) in [6, 6.07) is 15.7. The molecule has 0 spiro atoms. The normalized spacial score (nSPS) is 11.8. The molecule has 0 bridgehead atoms. The topological polar surface area (TPSA) is 54.0 Å². The number of hydrogen-bond acceptors (Lipinski definition) is 5. The Morgan fingerprint density at radius 1 is 1.00 bits per heavy atom. The van der Waals surface area contributed by atoms with Crippen LogP contribution in [0.2, 0.25) is 0 Å². The van der Waals surface area contributed by atoms with Crippen LogP contribution in [0.3, 0.4) is 0 Å². The molecule has 0 radical (unpaired) electrons. The number of ether oxygens (including phenoxy) is 2. The fourth-order valence-electron chi connectivity index (χ4n) is 2.84. The highest BCUT2D eigenvalue weighted by Crippen LogP contribution is 2.27. The molecule has 0 saturated heterocycles. The van der Waals surface area contributed by atoms with Gasteiger partial charge in [0.2, 0.25) is 5.91 Å². The van der Waals surface area contributed by atoms with Crippen molar-refractivity contribution < 1.29 is 14.3 Å². The maximum atomic E-state index is 12.5. The van der Waals surface area contributed by atoms with Crippen molar-refractivity contribution in [1.82, 2.24) is 10.2 Å². The number of para-hydroxylation sites is 1. The lowest BCUT2D eigenvalue weighted by Gasteiger charge is -2.27. The first-order valence-electron chi connectivity index (χ1n) is 9.41. The molecule has 1 unspecified atom stereocenters. The predicted molar refractivity (Wildman–Crippen MR) is 113 cm³/mol. The SMILES string of the molecule is COc1ccc(CNC(=O)C(C)N(C)CCN(C)c2ccccc2)cc1OC. The van der Waals surface area contributed by atoms with Gasteiger partial charge in [0.15, 0.2) is 11.5 Å². The van der Waals surface area contributed by atoms with E-state index in [1.165, 1.54) is 5.69 Å². The molecule has 0 aliphatic carbocycles. The number of nitrogens with zero attached hydrogens (tertiary/aromatic N) is 2. The average Bonchev–Trinajstić information content (AvgIpc) is 2.75. The van der Waals surface area contributed by atoms with Crippen LogP contribution in [-0.4, -0.2) is 58.3 Å². The summed E-state index contributed by atoms with van der Waals surface area (Å²) < 4.78 is 10.6. The smallest absolute Gasteiger partial charge is 0.237 e. The second-order valence-electron chi connectivity index (χ2n) is 6.82. The van der Waals surface area contributed by atoms with Crippen molar-refractivity contribution >= 4 is 11.6 Å². The van der Waals surface area contributed by atoms with Crippen LogP contribution >= 0.6 is 0 Å². The highest BCUT2D eigenvalue weighted by atomic mass is 16.5. The van der Waals surface area contributed by atoms with E-state index in [4.69, 9.17) is 9.47 Å². The molecule has 1 amide bonds. The molecule has 2 aromatic rings. The molecule has 1 N–H and O–H groups in total. The number of rotatable bonds is 10. The molecule has 2 aromatic carbocycles. The fraction of sp³-hybridized carbons (Fsp3) is 0.409. The summed E-state index contributed by atoms with van der Waals surface area (Å²) in [4.78, 5) is 16.8. The Kier molecular flexibility index (Phi) is 8.14. The number of hydrogen-bond donors (Lipinski definition) is 1. The van der Waals surface area contributed by atoms with Crippen molar-refractivity contribution in [3.05, 3.63) is 54.1 Å². The van der Waals surface area contributed by atoms with Crippen LogP contribution < -0.4 is 19.7 Å². The highest BCUT2D eigenvalue weighted by molar-refractivity contribution is 5.81. The number of nitrogens with one attached hydrogen (secondary N) is 1. The summed E-state index contributed by atoms with van der Waals surface area (Å²) in [5.41, 5.74) is 2.13. The van der Waals surface area contributed by atoms with Gasteiger partial charge in [0.25, 0.3) is 0 Å². The number of methoxy groups -OCH3 is 2. The zero-order valence-corrected chi connectivity index (χ0v) is 17.4. The number of anilines is 1. The summed E-state index contributed by atoms with van der Waals surface area (Å²) in [5, 5.41) is 3.00. The molecule has 0 heterocycles. The van der Waals surface area contributed by atoms with Crippen LogP contribution in [0.25, 0.3) is 0 Å². The van der Waals surface area contributed by atoms with Crippen LogP contribution in [0.15, 0.2) is 48.5 Å². The molecule has 0 saturated carbocycles. The molecule has 0 aromatic heterocycles. The molecule has 28 heavy (non-hydrogen) atoms. The second-order valence-corrected chi connectivity index (χ2v) is 6.82. The van der Waals surface area contributed by atoms with Crippen molar-refractivity contribution in [2.24, 2.45) is 0 Å². The molecule has 6 nitrogen and oxygen atoms in total. The Morgan fingerprint density at radius 3 is 2.32 bits per heavy atom. The molecular formula is C22H31N3O3. The number of benzene rings is 2. The predicted octanol–water partition coefficient (Wildman–Crippen LogP) is 2.78. The van der Waals surface area contributed by atoms with Gasteiger partial charge in [0.05, 0.1) is 20.3 Å². The van der Waals surface area contributed by atoms with Gasteiger partial charge in [-0.25, -0.2) is 0 Å². The minimum atomic E-state index is -0.218. The third-order valence-electron chi connectivity index (χ3n) is 4.94. The molecule has 152 valence electrons. The first-order chi connectivity index (χ1) is 13.5. The monoisotopic (exact) mass is 385 g/mol. The first kappa shape index (κ1) is 21.6. The van der Waals surface area contributed by atoms with Gasteiger partial charge in [-0.2, -0.15) is 0 Å². The molecule has 0 aliphatic rings. The summed E-state index contributed by atoms with van der Waals surface area (Å²) in [5.74, 6) is 1.33. The van der Waals surface area contributed by atoms with E-state index in [-0.39, 0.29) is 11.9 Å². The van der Waals surface area contributed by atoms with Crippen molar-refractivity contribution in [1.29, 1.82) is 0 Å². The number of carbonyl (C=O) groups is 1. The van der Waals surface area contributed by atoms with E-state index in [0.29, 0.717) is 18.0 Å². The van der Waals surface area contributed by atoms with Gasteiger partial charge >= 0.3 is 0 Å². The lowest BCUT2D eigenvalue weighted by atomic mass is 10.2. The van der Waals surface area contributed by atoms with E-state index in [9.17, 15) is 4.79 Å². The van der Waals surface area contributed by atoms with E-state index >= 15 is 0 Å². The van der Waals surface area contributed by atoms with Crippen molar-refractivity contribution in [2.75, 3.05) is 46.3 Å². The maximum absolute atomic E-state index is 12.5. The minimum absolute atomic E-state index is 0.000325. The van der Waals surface area contributed by atoms with Gasteiger partial charge in [-0.1, -0.05) is 24.3 Å². The Hall–Kier alpha value is -2.73. The lowest BCUT2D eigenvalue weighted by molar-refractivity contribution is -0.125. The minimum Gasteiger partial charge on any atom is -0.493 e.